The molecule has 0 saturated heterocycles. The Morgan fingerprint density at radius 2 is 1.77 bits per heavy atom. The highest BCUT2D eigenvalue weighted by molar-refractivity contribution is 7.99. The zero-order valence-corrected chi connectivity index (χ0v) is 8.69. The van der Waals surface area contributed by atoms with Gasteiger partial charge in [0.25, 0.3) is 0 Å². The van der Waals surface area contributed by atoms with Crippen molar-refractivity contribution in [3.63, 3.8) is 0 Å². The molecule has 1 rings (SSSR count). The lowest BCUT2D eigenvalue weighted by atomic mass is 10.2. The average molecular weight is 217 g/mol. The van der Waals surface area contributed by atoms with E-state index in [-0.39, 0.29) is 4.91 Å². The summed E-state index contributed by atoms with van der Waals surface area (Å²) in [6, 6.07) is 6.53. The molecule has 0 radical (unpaired) electrons. The molecule has 0 aliphatic heterocycles. The van der Waals surface area contributed by atoms with E-state index >= 15 is 0 Å². The van der Waals surface area contributed by atoms with Gasteiger partial charge >= 0.3 is 0 Å². The van der Waals surface area contributed by atoms with E-state index in [1.54, 1.807) is 24.3 Å². The van der Waals surface area contributed by atoms with Crippen LogP contribution in [0.15, 0.2) is 30.8 Å². The Kier molecular flexibility index (Phi) is 2.78. The number of halogens is 1. The zero-order valence-electron chi connectivity index (χ0n) is 7.12. The van der Waals surface area contributed by atoms with Crippen LogP contribution in [0.1, 0.15) is 5.56 Å². The third kappa shape index (κ3) is 2.57. The molecule has 0 amide bonds. The quantitative estimate of drug-likeness (QED) is 0.761. The van der Waals surface area contributed by atoms with E-state index in [0.29, 0.717) is 10.6 Å². The Hall–Kier alpha value is -0.800. The predicted molar refractivity (Wildman–Crippen MR) is 55.3 cm³/mol. The van der Waals surface area contributed by atoms with Crippen LogP contribution in [0, 0.1) is 0 Å². The van der Waals surface area contributed by atoms with Crippen molar-refractivity contribution in [1.82, 2.24) is 0 Å². The first-order valence-corrected chi connectivity index (χ1v) is 5.83. The van der Waals surface area contributed by atoms with Crippen LogP contribution in [0.5, 0.6) is 0 Å². The minimum absolute atomic E-state index is 0.115. The summed E-state index contributed by atoms with van der Waals surface area (Å²) in [6.45, 7) is 3.49. The Morgan fingerprint density at radius 3 is 2.15 bits per heavy atom. The Balaban J connectivity index is 3.12. The summed E-state index contributed by atoms with van der Waals surface area (Å²) in [5, 5.41) is 0.574. The lowest BCUT2D eigenvalue weighted by Gasteiger charge is -2.02. The monoisotopic (exact) mass is 216 g/mol. The van der Waals surface area contributed by atoms with Gasteiger partial charge in [-0.2, -0.15) is 0 Å². The smallest absolute Gasteiger partial charge is 0.175 e. The number of hydrogen-bond acceptors (Lipinski definition) is 2. The molecule has 70 valence electrons. The van der Waals surface area contributed by atoms with Gasteiger partial charge in [-0.3, -0.25) is 0 Å². The van der Waals surface area contributed by atoms with Gasteiger partial charge in [0.2, 0.25) is 0 Å². The van der Waals surface area contributed by atoms with Gasteiger partial charge in [0.1, 0.15) is 0 Å². The molecule has 1 aromatic rings. The molecule has 0 aliphatic rings. The van der Waals surface area contributed by atoms with E-state index in [9.17, 15) is 8.42 Å². The summed E-state index contributed by atoms with van der Waals surface area (Å²) in [5.41, 5.74) is 0.576. The Bertz CT molecular complexity index is 417. The lowest BCUT2D eigenvalue weighted by Crippen LogP contribution is -1.98. The first-order chi connectivity index (χ1) is 5.91. The first-order valence-electron chi connectivity index (χ1n) is 3.56. The number of hydrogen-bond donors (Lipinski definition) is 0. The van der Waals surface area contributed by atoms with E-state index in [2.05, 4.69) is 6.58 Å². The summed E-state index contributed by atoms with van der Waals surface area (Å²) in [7, 11) is -3.21. The molecule has 0 heterocycles. The molecule has 0 fully saturated rings. The van der Waals surface area contributed by atoms with Crippen LogP contribution in [0.4, 0.5) is 0 Å². The highest BCUT2D eigenvalue weighted by Crippen LogP contribution is 2.19. The van der Waals surface area contributed by atoms with Crippen molar-refractivity contribution in [3.05, 3.63) is 41.4 Å². The van der Waals surface area contributed by atoms with Crippen LogP contribution >= 0.6 is 11.6 Å². The number of sulfone groups is 1. The maximum absolute atomic E-state index is 11.1. The summed E-state index contributed by atoms with van der Waals surface area (Å²) < 4.78 is 22.2. The molecule has 1 aromatic carbocycles. The van der Waals surface area contributed by atoms with Crippen molar-refractivity contribution in [2.75, 3.05) is 6.26 Å². The molecule has 0 bridgehead atoms. The van der Waals surface area contributed by atoms with Crippen LogP contribution in [0.3, 0.4) is 0 Å². The molecule has 0 N–H and O–H groups in total. The topological polar surface area (TPSA) is 34.1 Å². The van der Waals surface area contributed by atoms with Crippen LogP contribution in [0.2, 0.25) is 5.02 Å². The Labute approximate surface area is 82.8 Å². The summed E-state index contributed by atoms with van der Waals surface area (Å²) >= 11 is 5.65. The molecule has 4 heteroatoms. The fourth-order valence-corrected chi connectivity index (χ4v) is 1.54. The molecule has 0 saturated carbocycles. The summed E-state index contributed by atoms with van der Waals surface area (Å²) in [4.78, 5) is 0.115. The van der Waals surface area contributed by atoms with Crippen molar-refractivity contribution in [2.45, 2.75) is 0 Å². The normalized spacial score (nSPS) is 11.2. The van der Waals surface area contributed by atoms with E-state index < -0.39 is 9.84 Å². The Morgan fingerprint density at radius 1 is 1.31 bits per heavy atom. The third-order valence-electron chi connectivity index (χ3n) is 1.61. The molecule has 0 aliphatic carbocycles. The average Bonchev–Trinajstić information content (AvgIpc) is 2.03. The number of rotatable bonds is 2. The van der Waals surface area contributed by atoms with Gasteiger partial charge < -0.3 is 0 Å². The molecule has 13 heavy (non-hydrogen) atoms. The molecule has 0 aromatic heterocycles. The standard InChI is InChI=1S/C9H9ClO2S/c1-7(13(2,11)12)8-3-5-9(10)6-4-8/h3-6H,1H2,2H3. The van der Waals surface area contributed by atoms with E-state index in [1.807, 2.05) is 0 Å². The van der Waals surface area contributed by atoms with Gasteiger partial charge in [0, 0.05) is 11.3 Å². The maximum Gasteiger partial charge on any atom is 0.175 e. The minimum Gasteiger partial charge on any atom is -0.224 e. The van der Waals surface area contributed by atoms with Crippen molar-refractivity contribution < 1.29 is 8.42 Å². The zero-order chi connectivity index (χ0) is 10.1. The largest absolute Gasteiger partial charge is 0.224 e. The van der Waals surface area contributed by atoms with Crippen molar-refractivity contribution in [3.8, 4) is 0 Å². The van der Waals surface area contributed by atoms with Crippen LogP contribution in [0.25, 0.3) is 4.91 Å². The number of benzene rings is 1. The van der Waals surface area contributed by atoms with E-state index in [1.165, 1.54) is 0 Å². The summed E-state index contributed by atoms with van der Waals surface area (Å²) in [5.74, 6) is 0. The fraction of sp³-hybridized carbons (Fsp3) is 0.111. The second-order valence-electron chi connectivity index (χ2n) is 2.70. The van der Waals surface area contributed by atoms with Gasteiger partial charge in [-0.25, -0.2) is 8.42 Å². The lowest BCUT2D eigenvalue weighted by molar-refractivity contribution is 0.611. The second-order valence-corrected chi connectivity index (χ2v) is 5.18. The van der Waals surface area contributed by atoms with Crippen molar-refractivity contribution in [2.24, 2.45) is 0 Å². The third-order valence-corrected chi connectivity index (χ3v) is 3.00. The molecule has 2 nitrogen and oxygen atoms in total. The van der Waals surface area contributed by atoms with Gasteiger partial charge in [-0.05, 0) is 17.7 Å². The highest BCUT2D eigenvalue weighted by atomic mass is 35.5. The highest BCUT2D eigenvalue weighted by Gasteiger charge is 2.09. The predicted octanol–water partition coefficient (Wildman–Crippen LogP) is 2.36. The molecule has 0 atom stereocenters. The SMILES string of the molecule is C=C(c1ccc(Cl)cc1)S(C)(=O)=O. The van der Waals surface area contributed by atoms with Gasteiger partial charge in [-0.1, -0.05) is 30.3 Å². The maximum atomic E-state index is 11.1. The van der Waals surface area contributed by atoms with Crippen LogP contribution < -0.4 is 0 Å². The molecular weight excluding hydrogens is 208 g/mol. The van der Waals surface area contributed by atoms with E-state index in [0.717, 1.165) is 6.26 Å². The van der Waals surface area contributed by atoms with Crippen molar-refractivity contribution >= 4 is 26.3 Å². The van der Waals surface area contributed by atoms with E-state index in [4.69, 9.17) is 11.6 Å². The fourth-order valence-electron chi connectivity index (χ4n) is 0.850. The van der Waals surface area contributed by atoms with Crippen molar-refractivity contribution in [1.29, 1.82) is 0 Å². The van der Waals surface area contributed by atoms with Gasteiger partial charge in [0.05, 0.1) is 4.91 Å². The van der Waals surface area contributed by atoms with Crippen LogP contribution in [-0.2, 0) is 9.84 Å². The molecule has 0 unspecified atom stereocenters. The molecular formula is C9H9ClO2S. The minimum atomic E-state index is -3.21. The van der Waals surface area contributed by atoms with Gasteiger partial charge in [-0.15, -0.1) is 0 Å². The second kappa shape index (κ2) is 3.52. The van der Waals surface area contributed by atoms with Gasteiger partial charge in [0.15, 0.2) is 9.84 Å². The summed E-state index contributed by atoms with van der Waals surface area (Å²) in [6.07, 6.45) is 1.13. The first kappa shape index (κ1) is 10.3. The molecule has 0 spiro atoms. The van der Waals surface area contributed by atoms with Crippen LogP contribution in [-0.4, -0.2) is 14.7 Å².